The summed E-state index contributed by atoms with van der Waals surface area (Å²) in [6, 6.07) is 8.81. The maximum absolute atomic E-state index is 11.8. The number of hydrogen-bond donors (Lipinski definition) is 0. The van der Waals surface area contributed by atoms with E-state index in [9.17, 15) is 13.2 Å². The molecule has 0 heterocycles. The van der Waals surface area contributed by atoms with Gasteiger partial charge < -0.3 is 0 Å². The number of hydrogen-bond acceptors (Lipinski definition) is 3. The van der Waals surface area contributed by atoms with Gasteiger partial charge >= 0.3 is 0 Å². The number of Topliss-reactive ketones (excluding diaryl/α,β-unsaturated/α-hetero) is 1. The lowest BCUT2D eigenvalue weighted by Crippen LogP contribution is -2.18. The van der Waals surface area contributed by atoms with Crippen LogP contribution in [0.25, 0.3) is 0 Å². The van der Waals surface area contributed by atoms with E-state index in [0.717, 1.165) is 6.42 Å². The van der Waals surface area contributed by atoms with Crippen molar-refractivity contribution in [3.05, 3.63) is 35.9 Å². The predicted molar refractivity (Wildman–Crippen MR) is 73.5 cm³/mol. The molecule has 0 N–H and O–H groups in total. The van der Waals surface area contributed by atoms with Crippen molar-refractivity contribution in [1.82, 2.24) is 0 Å². The Balaban J connectivity index is 2.53. The van der Waals surface area contributed by atoms with Crippen LogP contribution in [0, 0.1) is 5.92 Å². The summed E-state index contributed by atoms with van der Waals surface area (Å²) in [5, 5.41) is 0. The zero-order chi connectivity index (χ0) is 13.6. The highest BCUT2D eigenvalue weighted by atomic mass is 32.2. The Morgan fingerprint density at radius 3 is 2.39 bits per heavy atom. The molecule has 0 aliphatic rings. The lowest BCUT2D eigenvalue weighted by Gasteiger charge is -2.09. The molecule has 0 saturated carbocycles. The van der Waals surface area contributed by atoms with E-state index in [2.05, 4.69) is 0 Å². The van der Waals surface area contributed by atoms with E-state index >= 15 is 0 Å². The summed E-state index contributed by atoms with van der Waals surface area (Å²) in [5.41, 5.74) is 0.580. The molecule has 0 bridgehead atoms. The molecular weight excluding hydrogens is 248 g/mol. The van der Waals surface area contributed by atoms with Gasteiger partial charge in [0.2, 0.25) is 0 Å². The maximum atomic E-state index is 11.8. The fourth-order valence-electron chi connectivity index (χ4n) is 1.65. The summed E-state index contributed by atoms with van der Waals surface area (Å²) in [7, 11) is -3.12. The van der Waals surface area contributed by atoms with Gasteiger partial charge in [0.25, 0.3) is 0 Å². The number of rotatable bonds is 7. The van der Waals surface area contributed by atoms with Gasteiger partial charge in [0.15, 0.2) is 15.6 Å². The molecule has 0 spiro atoms. The fraction of sp³-hybridized carbons (Fsp3) is 0.500. The monoisotopic (exact) mass is 268 g/mol. The van der Waals surface area contributed by atoms with Crippen LogP contribution in [0.5, 0.6) is 0 Å². The van der Waals surface area contributed by atoms with Crippen LogP contribution in [0.2, 0.25) is 0 Å². The van der Waals surface area contributed by atoms with Crippen LogP contribution >= 0.6 is 0 Å². The molecule has 4 heteroatoms. The molecule has 0 fully saturated rings. The molecule has 1 unspecified atom stereocenters. The Morgan fingerprint density at radius 2 is 1.83 bits per heavy atom. The van der Waals surface area contributed by atoms with E-state index in [-0.39, 0.29) is 29.6 Å². The van der Waals surface area contributed by atoms with Crippen molar-refractivity contribution in [2.75, 3.05) is 11.5 Å². The van der Waals surface area contributed by atoms with Gasteiger partial charge in [-0.1, -0.05) is 50.6 Å². The van der Waals surface area contributed by atoms with Crippen molar-refractivity contribution < 1.29 is 13.2 Å². The van der Waals surface area contributed by atoms with Gasteiger partial charge in [-0.3, -0.25) is 4.79 Å². The zero-order valence-corrected chi connectivity index (χ0v) is 11.7. The first-order valence-electron chi connectivity index (χ1n) is 6.23. The third-order valence-corrected chi connectivity index (χ3v) is 4.87. The minimum Gasteiger partial charge on any atom is -0.294 e. The molecule has 0 aromatic heterocycles. The fourth-order valence-corrected chi connectivity index (χ4v) is 3.42. The molecule has 0 aliphatic heterocycles. The zero-order valence-electron chi connectivity index (χ0n) is 10.9. The van der Waals surface area contributed by atoms with Gasteiger partial charge in [-0.15, -0.1) is 0 Å². The van der Waals surface area contributed by atoms with Gasteiger partial charge in [0.1, 0.15) is 0 Å². The molecule has 18 heavy (non-hydrogen) atoms. The van der Waals surface area contributed by atoms with Crippen LogP contribution in [-0.4, -0.2) is 25.7 Å². The van der Waals surface area contributed by atoms with Crippen LogP contribution < -0.4 is 0 Å². The highest BCUT2D eigenvalue weighted by Gasteiger charge is 2.17. The number of carbonyl (C=O) groups is 1. The topological polar surface area (TPSA) is 51.2 Å². The second kappa shape index (κ2) is 6.69. The molecule has 1 aromatic rings. The van der Waals surface area contributed by atoms with Crippen molar-refractivity contribution in [1.29, 1.82) is 0 Å². The second-order valence-electron chi connectivity index (χ2n) is 4.67. The van der Waals surface area contributed by atoms with Gasteiger partial charge in [-0.25, -0.2) is 8.42 Å². The van der Waals surface area contributed by atoms with Gasteiger partial charge in [-0.05, 0) is 5.92 Å². The van der Waals surface area contributed by atoms with Crippen molar-refractivity contribution in [3.8, 4) is 0 Å². The molecule has 1 rings (SSSR count). The summed E-state index contributed by atoms with van der Waals surface area (Å²) < 4.78 is 23.6. The van der Waals surface area contributed by atoms with Gasteiger partial charge in [-0.2, -0.15) is 0 Å². The number of carbonyl (C=O) groups excluding carboxylic acids is 1. The Kier molecular flexibility index (Phi) is 5.54. The molecule has 0 radical (unpaired) electrons. The quantitative estimate of drug-likeness (QED) is 0.714. The van der Waals surface area contributed by atoms with E-state index in [1.807, 2.05) is 19.9 Å². The summed E-state index contributed by atoms with van der Waals surface area (Å²) >= 11 is 0. The molecule has 0 saturated heterocycles. The average molecular weight is 268 g/mol. The van der Waals surface area contributed by atoms with Crippen LogP contribution in [0.15, 0.2) is 30.3 Å². The maximum Gasteiger partial charge on any atom is 0.163 e. The lowest BCUT2D eigenvalue weighted by atomic mass is 10.1. The largest absolute Gasteiger partial charge is 0.294 e. The number of ketones is 1. The van der Waals surface area contributed by atoms with E-state index in [0.29, 0.717) is 5.56 Å². The molecule has 3 nitrogen and oxygen atoms in total. The first-order valence-corrected chi connectivity index (χ1v) is 8.05. The van der Waals surface area contributed by atoms with Gasteiger partial charge in [0, 0.05) is 12.0 Å². The molecule has 1 aromatic carbocycles. The SMILES string of the molecule is CCC(C)CS(=O)(=O)CCC(=O)c1ccccc1. The first-order chi connectivity index (χ1) is 8.44. The minimum atomic E-state index is -3.12. The average Bonchev–Trinajstić information content (AvgIpc) is 2.36. The van der Waals surface area contributed by atoms with Crippen molar-refractivity contribution in [2.45, 2.75) is 26.7 Å². The van der Waals surface area contributed by atoms with Crippen molar-refractivity contribution >= 4 is 15.6 Å². The minimum absolute atomic E-state index is 0.0505. The Hall–Kier alpha value is -1.16. The van der Waals surface area contributed by atoms with Gasteiger partial charge in [0.05, 0.1) is 11.5 Å². The van der Waals surface area contributed by atoms with Crippen LogP contribution in [0.3, 0.4) is 0 Å². The first kappa shape index (κ1) is 14.9. The summed E-state index contributed by atoms with van der Waals surface area (Å²) in [4.78, 5) is 11.8. The highest BCUT2D eigenvalue weighted by molar-refractivity contribution is 7.91. The standard InChI is InChI=1S/C14H20O3S/c1-3-12(2)11-18(16,17)10-9-14(15)13-7-5-4-6-8-13/h4-8,12H,3,9-11H2,1-2H3. The van der Waals surface area contributed by atoms with E-state index in [1.54, 1.807) is 24.3 Å². The van der Waals surface area contributed by atoms with Crippen LogP contribution in [0.1, 0.15) is 37.0 Å². The molecule has 100 valence electrons. The number of benzene rings is 1. The third-order valence-electron chi connectivity index (χ3n) is 2.97. The molecule has 0 amide bonds. The summed E-state index contributed by atoms with van der Waals surface area (Å²) in [5.74, 6) is 0.168. The normalized spacial score (nSPS) is 13.2. The van der Waals surface area contributed by atoms with Crippen LogP contribution in [0.4, 0.5) is 0 Å². The Labute approximate surface area is 109 Å². The van der Waals surface area contributed by atoms with E-state index in [4.69, 9.17) is 0 Å². The molecular formula is C14H20O3S. The third kappa shape index (κ3) is 5.00. The van der Waals surface area contributed by atoms with Crippen molar-refractivity contribution in [2.24, 2.45) is 5.92 Å². The predicted octanol–water partition coefficient (Wildman–Crippen LogP) is 2.72. The number of sulfone groups is 1. The van der Waals surface area contributed by atoms with Crippen LogP contribution in [-0.2, 0) is 9.84 Å². The summed E-state index contributed by atoms with van der Waals surface area (Å²) in [6.07, 6.45) is 0.911. The summed E-state index contributed by atoms with van der Waals surface area (Å²) in [6.45, 7) is 3.88. The highest BCUT2D eigenvalue weighted by Crippen LogP contribution is 2.09. The Morgan fingerprint density at radius 1 is 1.22 bits per heavy atom. The van der Waals surface area contributed by atoms with E-state index in [1.165, 1.54) is 0 Å². The second-order valence-corrected chi connectivity index (χ2v) is 6.90. The molecule has 0 aliphatic carbocycles. The Bertz CT molecular complexity index is 477. The smallest absolute Gasteiger partial charge is 0.163 e. The van der Waals surface area contributed by atoms with E-state index < -0.39 is 9.84 Å². The lowest BCUT2D eigenvalue weighted by molar-refractivity contribution is 0.0988. The van der Waals surface area contributed by atoms with Crippen molar-refractivity contribution in [3.63, 3.8) is 0 Å². The molecule has 1 atom stereocenters.